The normalized spacial score (nSPS) is 12.0. The summed E-state index contributed by atoms with van der Waals surface area (Å²) in [6, 6.07) is 17.9. The summed E-state index contributed by atoms with van der Waals surface area (Å²) in [5.74, 6) is 2.17. The number of hydrogen-bond donors (Lipinski definition) is 1. The van der Waals surface area contributed by atoms with E-state index in [4.69, 9.17) is 31.1 Å². The van der Waals surface area contributed by atoms with E-state index in [1.165, 1.54) is 0 Å². The smallest absolute Gasteiger partial charge is 0.228 e. The van der Waals surface area contributed by atoms with Crippen LogP contribution < -0.4 is 19.5 Å². The molecule has 0 radical (unpaired) electrons. The Labute approximate surface area is 184 Å². The molecular weight excluding hydrogens is 416 g/mol. The molecule has 7 heteroatoms. The Kier molecular flexibility index (Phi) is 5.96. The lowest BCUT2D eigenvalue weighted by molar-refractivity contribution is -0.115. The fraction of sp³-hybridized carbons (Fsp3) is 0.167. The zero-order valence-electron chi connectivity index (χ0n) is 16.8. The first-order valence-corrected chi connectivity index (χ1v) is 10.1. The van der Waals surface area contributed by atoms with E-state index in [1.807, 2.05) is 13.0 Å². The highest BCUT2D eigenvalue weighted by atomic mass is 35.5. The van der Waals surface area contributed by atoms with Crippen molar-refractivity contribution in [2.45, 2.75) is 13.3 Å². The number of carbonyl (C=O) groups excluding carboxylic acids is 1. The van der Waals surface area contributed by atoms with E-state index in [1.54, 1.807) is 48.5 Å². The number of halogens is 1. The van der Waals surface area contributed by atoms with Crippen molar-refractivity contribution in [1.82, 2.24) is 0 Å². The third-order valence-electron chi connectivity index (χ3n) is 4.71. The predicted octanol–water partition coefficient (Wildman–Crippen LogP) is 5.26. The standard InChI is InChI=1S/C24H19ClN2O4/c1-15-10-19(31-18-4-2-16(14-26)3-5-18)6-7-21(15)27-23(28)13-17-11-20(25)24-22(12-17)29-8-9-30-24/h2-7,10-12H,8-9,13H2,1H3,(H,27,28). The van der Waals surface area contributed by atoms with Crippen LogP contribution in [0.1, 0.15) is 16.7 Å². The van der Waals surface area contributed by atoms with Crippen LogP contribution in [0, 0.1) is 18.3 Å². The third kappa shape index (κ3) is 4.90. The number of amides is 1. The highest BCUT2D eigenvalue weighted by Gasteiger charge is 2.18. The van der Waals surface area contributed by atoms with Gasteiger partial charge in [0.25, 0.3) is 0 Å². The molecule has 0 atom stereocenters. The molecule has 0 aliphatic carbocycles. The molecule has 0 bridgehead atoms. The predicted molar refractivity (Wildman–Crippen MR) is 117 cm³/mol. The first kappa shape index (κ1) is 20.6. The molecule has 3 aromatic rings. The number of fused-ring (bicyclic) bond motifs is 1. The van der Waals surface area contributed by atoms with Gasteiger partial charge in [0.1, 0.15) is 24.7 Å². The van der Waals surface area contributed by atoms with Gasteiger partial charge in [-0.2, -0.15) is 5.26 Å². The van der Waals surface area contributed by atoms with Gasteiger partial charge in [0, 0.05) is 5.69 Å². The Morgan fingerprint density at radius 1 is 1.10 bits per heavy atom. The van der Waals surface area contributed by atoms with Crippen LogP contribution in [-0.2, 0) is 11.2 Å². The van der Waals surface area contributed by atoms with Gasteiger partial charge in [-0.3, -0.25) is 4.79 Å². The quantitative estimate of drug-likeness (QED) is 0.592. The molecule has 6 nitrogen and oxygen atoms in total. The molecule has 0 fully saturated rings. The summed E-state index contributed by atoms with van der Waals surface area (Å²) in [5.41, 5.74) is 2.87. The maximum Gasteiger partial charge on any atom is 0.228 e. The van der Waals surface area contributed by atoms with Gasteiger partial charge in [0.15, 0.2) is 11.5 Å². The highest BCUT2D eigenvalue weighted by Crippen LogP contribution is 2.38. The maximum absolute atomic E-state index is 12.6. The highest BCUT2D eigenvalue weighted by molar-refractivity contribution is 6.32. The van der Waals surface area contributed by atoms with Crippen molar-refractivity contribution >= 4 is 23.2 Å². The number of rotatable bonds is 5. The van der Waals surface area contributed by atoms with Crippen molar-refractivity contribution in [2.24, 2.45) is 0 Å². The van der Waals surface area contributed by atoms with Crippen LogP contribution >= 0.6 is 11.6 Å². The van der Waals surface area contributed by atoms with E-state index in [9.17, 15) is 4.79 Å². The molecule has 4 rings (SSSR count). The molecule has 3 aromatic carbocycles. The number of ether oxygens (including phenoxy) is 3. The molecule has 0 saturated heterocycles. The van der Waals surface area contributed by atoms with Crippen LogP contribution in [0.2, 0.25) is 5.02 Å². The van der Waals surface area contributed by atoms with Gasteiger partial charge in [-0.25, -0.2) is 0 Å². The molecular formula is C24H19ClN2O4. The Bertz CT molecular complexity index is 1170. The second kappa shape index (κ2) is 8.99. The van der Waals surface area contributed by atoms with E-state index in [-0.39, 0.29) is 12.3 Å². The Hall–Kier alpha value is -3.69. The van der Waals surface area contributed by atoms with Crippen molar-refractivity contribution in [1.29, 1.82) is 5.26 Å². The average Bonchev–Trinajstić information content (AvgIpc) is 2.76. The summed E-state index contributed by atoms with van der Waals surface area (Å²) in [4.78, 5) is 12.6. The van der Waals surface area contributed by atoms with Crippen molar-refractivity contribution < 1.29 is 19.0 Å². The summed E-state index contributed by atoms with van der Waals surface area (Å²) < 4.78 is 16.9. The lowest BCUT2D eigenvalue weighted by Gasteiger charge is -2.20. The van der Waals surface area contributed by atoms with Crippen LogP contribution in [0.15, 0.2) is 54.6 Å². The fourth-order valence-corrected chi connectivity index (χ4v) is 3.51. The molecule has 1 heterocycles. The molecule has 156 valence electrons. The molecule has 0 aromatic heterocycles. The van der Waals surface area contributed by atoms with Gasteiger partial charge >= 0.3 is 0 Å². The van der Waals surface area contributed by atoms with E-state index < -0.39 is 0 Å². The summed E-state index contributed by atoms with van der Waals surface area (Å²) in [6.45, 7) is 2.80. The van der Waals surface area contributed by atoms with Crippen molar-refractivity contribution in [3.63, 3.8) is 0 Å². The number of nitrogens with one attached hydrogen (secondary N) is 1. The molecule has 1 amide bonds. The van der Waals surface area contributed by atoms with Gasteiger partial charge in [0.2, 0.25) is 5.91 Å². The molecule has 31 heavy (non-hydrogen) atoms. The number of hydrogen-bond acceptors (Lipinski definition) is 5. The number of benzene rings is 3. The van der Waals surface area contributed by atoms with E-state index in [0.29, 0.717) is 52.5 Å². The second-order valence-electron chi connectivity index (χ2n) is 7.04. The SMILES string of the molecule is Cc1cc(Oc2ccc(C#N)cc2)ccc1NC(=O)Cc1cc(Cl)c2c(c1)OCCO2. The molecule has 0 spiro atoms. The van der Waals surface area contributed by atoms with E-state index >= 15 is 0 Å². The first-order chi connectivity index (χ1) is 15.0. The average molecular weight is 435 g/mol. The van der Waals surface area contributed by atoms with Gasteiger partial charge in [-0.1, -0.05) is 11.6 Å². The van der Waals surface area contributed by atoms with E-state index in [0.717, 1.165) is 11.1 Å². The fourth-order valence-electron chi connectivity index (χ4n) is 3.22. The summed E-state index contributed by atoms with van der Waals surface area (Å²) in [5, 5.41) is 12.2. The van der Waals surface area contributed by atoms with Gasteiger partial charge < -0.3 is 19.5 Å². The number of aryl methyl sites for hydroxylation is 1. The Morgan fingerprint density at radius 2 is 1.84 bits per heavy atom. The van der Waals surface area contributed by atoms with Gasteiger partial charge in [0.05, 0.1) is 23.1 Å². The minimum absolute atomic E-state index is 0.152. The zero-order valence-corrected chi connectivity index (χ0v) is 17.5. The molecule has 0 unspecified atom stereocenters. The number of carbonyl (C=O) groups is 1. The number of anilines is 1. The van der Waals surface area contributed by atoms with Crippen molar-refractivity contribution in [3.05, 3.63) is 76.3 Å². The van der Waals surface area contributed by atoms with E-state index in [2.05, 4.69) is 11.4 Å². The molecule has 0 saturated carbocycles. The largest absolute Gasteiger partial charge is 0.486 e. The van der Waals surface area contributed by atoms with Crippen LogP contribution in [0.25, 0.3) is 0 Å². The van der Waals surface area contributed by atoms with Gasteiger partial charge in [-0.15, -0.1) is 0 Å². The zero-order chi connectivity index (χ0) is 21.8. The Morgan fingerprint density at radius 3 is 2.58 bits per heavy atom. The van der Waals surface area contributed by atoms with Crippen LogP contribution in [-0.4, -0.2) is 19.1 Å². The minimum Gasteiger partial charge on any atom is -0.486 e. The lowest BCUT2D eigenvalue weighted by atomic mass is 10.1. The molecule has 1 N–H and O–H groups in total. The number of nitriles is 1. The van der Waals surface area contributed by atoms with Gasteiger partial charge in [-0.05, 0) is 72.6 Å². The number of nitrogens with zero attached hydrogens (tertiary/aromatic N) is 1. The van der Waals surface area contributed by atoms with Crippen LogP contribution in [0.5, 0.6) is 23.0 Å². The lowest BCUT2D eigenvalue weighted by Crippen LogP contribution is -2.17. The first-order valence-electron chi connectivity index (χ1n) is 9.68. The minimum atomic E-state index is -0.170. The summed E-state index contributed by atoms with van der Waals surface area (Å²) >= 11 is 6.25. The van der Waals surface area contributed by atoms with Crippen LogP contribution in [0.3, 0.4) is 0 Å². The summed E-state index contributed by atoms with van der Waals surface area (Å²) in [7, 11) is 0. The topological polar surface area (TPSA) is 80.6 Å². The Balaban J connectivity index is 1.41. The van der Waals surface area contributed by atoms with Crippen molar-refractivity contribution in [3.8, 4) is 29.1 Å². The maximum atomic E-state index is 12.6. The molecule has 1 aliphatic heterocycles. The van der Waals surface area contributed by atoms with Crippen molar-refractivity contribution in [2.75, 3.05) is 18.5 Å². The third-order valence-corrected chi connectivity index (χ3v) is 4.99. The van der Waals surface area contributed by atoms with Crippen LogP contribution in [0.4, 0.5) is 5.69 Å². The molecule has 1 aliphatic rings. The summed E-state index contributed by atoms with van der Waals surface area (Å²) in [6.07, 6.45) is 0.152. The monoisotopic (exact) mass is 434 g/mol. The second-order valence-corrected chi connectivity index (χ2v) is 7.45.